The van der Waals surface area contributed by atoms with Crippen molar-refractivity contribution in [1.82, 2.24) is 0 Å². The topological polar surface area (TPSA) is 20.2 Å². The Kier molecular flexibility index (Phi) is 2.55. The fourth-order valence-corrected chi connectivity index (χ4v) is 2.84. The summed E-state index contributed by atoms with van der Waals surface area (Å²) in [6, 6.07) is 22.3. The Morgan fingerprint density at radius 2 is 1.48 bits per heavy atom. The first-order valence-corrected chi connectivity index (χ1v) is 6.87. The minimum Gasteiger partial charge on any atom is -0.500 e. The quantitative estimate of drug-likeness (QED) is 0.673. The van der Waals surface area contributed by atoms with Crippen LogP contribution in [0.2, 0.25) is 0 Å². The summed E-state index contributed by atoms with van der Waals surface area (Å²) in [5.41, 5.74) is 7.68. The SMILES string of the molecule is OC1=C=C=c2ccccc2=C1c1cccc2ccccc12. The standard InChI is InChI=1S/C20H12O/c21-19-13-12-15-7-2-4-10-17(15)20(19)18-11-5-8-14-6-1-3-9-16(14)18/h1-11,21H. The van der Waals surface area contributed by atoms with Gasteiger partial charge in [0.25, 0.3) is 0 Å². The van der Waals surface area contributed by atoms with Gasteiger partial charge in [0.1, 0.15) is 0 Å². The van der Waals surface area contributed by atoms with Crippen LogP contribution in [-0.2, 0) is 0 Å². The van der Waals surface area contributed by atoms with Gasteiger partial charge in [-0.2, -0.15) is 0 Å². The van der Waals surface area contributed by atoms with Gasteiger partial charge in [0.15, 0.2) is 5.76 Å². The molecule has 0 atom stereocenters. The number of rotatable bonds is 1. The highest BCUT2D eigenvalue weighted by atomic mass is 16.3. The van der Waals surface area contributed by atoms with Crippen LogP contribution in [0.1, 0.15) is 5.56 Å². The second-order valence-corrected chi connectivity index (χ2v) is 5.05. The van der Waals surface area contributed by atoms with Crippen molar-refractivity contribution < 1.29 is 5.11 Å². The van der Waals surface area contributed by atoms with E-state index in [0.29, 0.717) is 0 Å². The van der Waals surface area contributed by atoms with Gasteiger partial charge in [0.2, 0.25) is 0 Å². The molecule has 3 aromatic rings. The van der Waals surface area contributed by atoms with E-state index in [0.717, 1.165) is 32.3 Å². The summed E-state index contributed by atoms with van der Waals surface area (Å²) in [5, 5.41) is 14.6. The molecule has 1 aliphatic rings. The maximum Gasteiger partial charge on any atom is 0.176 e. The largest absolute Gasteiger partial charge is 0.500 e. The molecule has 0 aromatic heterocycles. The summed E-state index contributed by atoms with van der Waals surface area (Å²) >= 11 is 0. The van der Waals surface area contributed by atoms with Gasteiger partial charge in [0, 0.05) is 16.0 Å². The molecule has 1 heteroatoms. The molecule has 0 bridgehead atoms. The molecule has 0 amide bonds. The van der Waals surface area contributed by atoms with E-state index in [2.05, 4.69) is 29.7 Å². The number of aliphatic hydroxyl groups is 1. The third-order valence-electron chi connectivity index (χ3n) is 3.81. The number of fused-ring (bicyclic) bond motifs is 2. The van der Waals surface area contributed by atoms with E-state index in [9.17, 15) is 5.11 Å². The minimum atomic E-state index is 0.144. The van der Waals surface area contributed by atoms with Gasteiger partial charge in [-0.05, 0) is 28.1 Å². The molecule has 4 rings (SSSR count). The van der Waals surface area contributed by atoms with Crippen LogP contribution in [-0.4, -0.2) is 5.11 Å². The predicted molar refractivity (Wildman–Crippen MR) is 85.2 cm³/mol. The fraction of sp³-hybridized carbons (Fsp3) is 0. The summed E-state index contributed by atoms with van der Waals surface area (Å²) < 4.78 is 0. The molecule has 0 heterocycles. The van der Waals surface area contributed by atoms with Gasteiger partial charge in [-0.1, -0.05) is 66.4 Å². The summed E-state index contributed by atoms with van der Waals surface area (Å²) in [6.07, 6.45) is 0. The molecule has 0 unspecified atom stereocenters. The zero-order chi connectivity index (χ0) is 14.2. The molecule has 98 valence electrons. The van der Waals surface area contributed by atoms with Crippen LogP contribution in [0.4, 0.5) is 0 Å². The van der Waals surface area contributed by atoms with Crippen molar-refractivity contribution in [1.29, 1.82) is 0 Å². The normalized spacial score (nSPS) is 12.8. The maximum absolute atomic E-state index is 10.3. The van der Waals surface area contributed by atoms with Gasteiger partial charge in [-0.25, -0.2) is 0 Å². The van der Waals surface area contributed by atoms with Gasteiger partial charge in [-0.15, -0.1) is 0 Å². The average molecular weight is 268 g/mol. The fourth-order valence-electron chi connectivity index (χ4n) is 2.84. The molecular weight excluding hydrogens is 256 g/mol. The second-order valence-electron chi connectivity index (χ2n) is 5.05. The number of aliphatic hydroxyl groups excluding tert-OH is 1. The molecule has 1 N–H and O–H groups in total. The third-order valence-corrected chi connectivity index (χ3v) is 3.81. The van der Waals surface area contributed by atoms with Crippen molar-refractivity contribution in [3.05, 3.63) is 94.2 Å². The van der Waals surface area contributed by atoms with Gasteiger partial charge >= 0.3 is 0 Å². The van der Waals surface area contributed by atoms with Crippen LogP contribution in [0, 0.1) is 0 Å². The van der Waals surface area contributed by atoms with E-state index >= 15 is 0 Å². The van der Waals surface area contributed by atoms with E-state index in [1.165, 1.54) is 0 Å². The van der Waals surface area contributed by atoms with E-state index in [4.69, 9.17) is 0 Å². The molecule has 0 radical (unpaired) electrons. The summed E-state index contributed by atoms with van der Waals surface area (Å²) in [5.74, 6) is 0.144. The zero-order valence-corrected chi connectivity index (χ0v) is 11.3. The van der Waals surface area contributed by atoms with Crippen molar-refractivity contribution in [2.45, 2.75) is 0 Å². The van der Waals surface area contributed by atoms with Gasteiger partial charge < -0.3 is 5.11 Å². The lowest BCUT2D eigenvalue weighted by atomic mass is 9.94. The average Bonchev–Trinajstić information content (AvgIpc) is 2.54. The number of hydrogen-bond donors (Lipinski definition) is 1. The van der Waals surface area contributed by atoms with E-state index in [1.54, 1.807) is 0 Å². The molecule has 0 saturated heterocycles. The first-order chi connectivity index (χ1) is 10.3. The lowest BCUT2D eigenvalue weighted by Crippen LogP contribution is -2.28. The molecule has 21 heavy (non-hydrogen) atoms. The number of benzene rings is 3. The van der Waals surface area contributed by atoms with Crippen molar-refractivity contribution in [2.75, 3.05) is 0 Å². The second kappa shape index (κ2) is 4.54. The van der Waals surface area contributed by atoms with Crippen molar-refractivity contribution in [3.8, 4) is 0 Å². The highest BCUT2D eigenvalue weighted by molar-refractivity contribution is 5.96. The van der Waals surface area contributed by atoms with Crippen LogP contribution in [0.3, 0.4) is 0 Å². The van der Waals surface area contributed by atoms with E-state index in [-0.39, 0.29) is 5.76 Å². The van der Waals surface area contributed by atoms with Crippen LogP contribution < -0.4 is 10.4 Å². The lowest BCUT2D eigenvalue weighted by molar-refractivity contribution is 0.439. The van der Waals surface area contributed by atoms with E-state index in [1.807, 2.05) is 48.5 Å². The Labute approximate surface area is 122 Å². The first kappa shape index (κ1) is 11.8. The molecule has 1 nitrogen and oxygen atoms in total. The summed E-state index contributed by atoms with van der Waals surface area (Å²) in [7, 11) is 0. The van der Waals surface area contributed by atoms with Crippen molar-refractivity contribution >= 4 is 22.1 Å². The van der Waals surface area contributed by atoms with Gasteiger partial charge in [0.05, 0.1) is 0 Å². The predicted octanol–water partition coefficient (Wildman–Crippen LogP) is 3.03. The first-order valence-electron chi connectivity index (χ1n) is 6.87. The Morgan fingerprint density at radius 1 is 0.714 bits per heavy atom. The highest BCUT2D eigenvalue weighted by Crippen LogP contribution is 2.26. The third kappa shape index (κ3) is 1.81. The smallest absolute Gasteiger partial charge is 0.176 e. The summed E-state index contributed by atoms with van der Waals surface area (Å²) in [6.45, 7) is 0. The van der Waals surface area contributed by atoms with Crippen LogP contribution >= 0.6 is 0 Å². The Hall–Kier alpha value is -2.98. The number of allylic oxidation sites excluding steroid dienone is 1. The molecule has 0 spiro atoms. The molecule has 0 aliphatic heterocycles. The van der Waals surface area contributed by atoms with Crippen molar-refractivity contribution in [2.24, 2.45) is 0 Å². The Bertz CT molecular complexity index is 1050. The highest BCUT2D eigenvalue weighted by Gasteiger charge is 2.13. The Morgan fingerprint density at radius 3 is 2.43 bits per heavy atom. The van der Waals surface area contributed by atoms with Crippen LogP contribution in [0.5, 0.6) is 0 Å². The van der Waals surface area contributed by atoms with Gasteiger partial charge in [-0.3, -0.25) is 0 Å². The molecule has 0 saturated carbocycles. The Balaban J connectivity index is 2.21. The minimum absolute atomic E-state index is 0.144. The maximum atomic E-state index is 10.3. The zero-order valence-electron chi connectivity index (χ0n) is 11.3. The number of hydrogen-bond acceptors (Lipinski definition) is 1. The molecule has 3 aromatic carbocycles. The van der Waals surface area contributed by atoms with Crippen molar-refractivity contribution in [3.63, 3.8) is 0 Å². The summed E-state index contributed by atoms with van der Waals surface area (Å²) in [4.78, 5) is 0. The molecule has 0 fully saturated rings. The van der Waals surface area contributed by atoms with Crippen LogP contribution in [0.25, 0.3) is 22.1 Å². The molecule has 1 aliphatic carbocycles. The lowest BCUT2D eigenvalue weighted by Gasteiger charge is -2.11. The monoisotopic (exact) mass is 268 g/mol. The van der Waals surface area contributed by atoms with Crippen LogP contribution in [0.15, 0.2) is 78.2 Å². The van der Waals surface area contributed by atoms with E-state index < -0.39 is 0 Å². The molecular formula is C20H12O.